The number of aromatic nitrogens is 6. The SMILES string of the molecule is CCCCc1cn(C[C@H]2CCCN(C(=O)c3cn4cccnc4n3)C2)nn1. The Morgan fingerprint density at radius 2 is 2.26 bits per heavy atom. The van der Waals surface area contributed by atoms with E-state index < -0.39 is 0 Å². The van der Waals surface area contributed by atoms with Gasteiger partial charge in [-0.05, 0) is 37.7 Å². The topological polar surface area (TPSA) is 81.2 Å². The van der Waals surface area contributed by atoms with Gasteiger partial charge in [-0.3, -0.25) is 13.9 Å². The third kappa shape index (κ3) is 3.99. The highest BCUT2D eigenvalue weighted by atomic mass is 16.2. The van der Waals surface area contributed by atoms with Crippen molar-refractivity contribution in [2.45, 2.75) is 45.6 Å². The molecule has 1 fully saturated rings. The molecular weight excluding hydrogens is 342 g/mol. The van der Waals surface area contributed by atoms with E-state index in [1.54, 1.807) is 16.8 Å². The summed E-state index contributed by atoms with van der Waals surface area (Å²) < 4.78 is 3.71. The van der Waals surface area contributed by atoms with Crippen LogP contribution in [0.4, 0.5) is 0 Å². The summed E-state index contributed by atoms with van der Waals surface area (Å²) in [4.78, 5) is 23.3. The fraction of sp³-hybridized carbons (Fsp3) is 0.526. The largest absolute Gasteiger partial charge is 0.337 e. The summed E-state index contributed by atoms with van der Waals surface area (Å²) in [6, 6.07) is 1.83. The summed E-state index contributed by atoms with van der Waals surface area (Å²) in [5.74, 6) is 0.919. The molecule has 1 aliphatic heterocycles. The summed E-state index contributed by atoms with van der Waals surface area (Å²) in [6.45, 7) is 4.48. The fourth-order valence-corrected chi connectivity index (χ4v) is 3.66. The van der Waals surface area contributed by atoms with Crippen LogP contribution in [0.3, 0.4) is 0 Å². The zero-order valence-electron chi connectivity index (χ0n) is 15.7. The van der Waals surface area contributed by atoms with Crippen LogP contribution in [0.5, 0.6) is 0 Å². The van der Waals surface area contributed by atoms with Gasteiger partial charge in [0.2, 0.25) is 5.78 Å². The Balaban J connectivity index is 1.40. The molecule has 1 atom stereocenters. The normalized spacial score (nSPS) is 17.5. The van der Waals surface area contributed by atoms with E-state index in [0.717, 1.165) is 57.4 Å². The maximum absolute atomic E-state index is 12.9. The molecule has 142 valence electrons. The summed E-state index contributed by atoms with van der Waals surface area (Å²) >= 11 is 0. The number of piperidine rings is 1. The number of amides is 1. The molecule has 1 amide bonds. The molecule has 4 heterocycles. The van der Waals surface area contributed by atoms with Crippen LogP contribution in [-0.4, -0.2) is 53.3 Å². The molecule has 0 spiro atoms. The molecule has 0 aliphatic carbocycles. The zero-order valence-corrected chi connectivity index (χ0v) is 15.7. The lowest BCUT2D eigenvalue weighted by atomic mass is 9.98. The van der Waals surface area contributed by atoms with Gasteiger partial charge in [0, 0.05) is 44.4 Å². The predicted octanol–water partition coefficient (Wildman–Crippen LogP) is 2.22. The van der Waals surface area contributed by atoms with Crippen LogP contribution < -0.4 is 0 Å². The van der Waals surface area contributed by atoms with E-state index in [1.807, 2.05) is 28.0 Å². The van der Waals surface area contributed by atoms with Gasteiger partial charge in [-0.2, -0.15) is 0 Å². The van der Waals surface area contributed by atoms with Gasteiger partial charge in [-0.15, -0.1) is 5.10 Å². The minimum Gasteiger partial charge on any atom is -0.337 e. The van der Waals surface area contributed by atoms with Gasteiger partial charge < -0.3 is 4.90 Å². The van der Waals surface area contributed by atoms with E-state index >= 15 is 0 Å². The second-order valence-electron chi connectivity index (χ2n) is 7.25. The minimum absolute atomic E-state index is 0.0209. The number of hydrogen-bond acceptors (Lipinski definition) is 5. The van der Waals surface area contributed by atoms with E-state index in [1.165, 1.54) is 0 Å². The van der Waals surface area contributed by atoms with Crippen molar-refractivity contribution in [2.75, 3.05) is 13.1 Å². The lowest BCUT2D eigenvalue weighted by Crippen LogP contribution is -2.41. The number of likely N-dealkylation sites (tertiary alicyclic amines) is 1. The Morgan fingerprint density at radius 3 is 3.11 bits per heavy atom. The third-order valence-electron chi connectivity index (χ3n) is 5.08. The molecule has 0 aromatic carbocycles. The van der Waals surface area contributed by atoms with Gasteiger partial charge in [-0.1, -0.05) is 18.6 Å². The zero-order chi connectivity index (χ0) is 18.6. The van der Waals surface area contributed by atoms with E-state index in [4.69, 9.17) is 0 Å². The van der Waals surface area contributed by atoms with Crippen LogP contribution >= 0.6 is 0 Å². The number of rotatable bonds is 6. The monoisotopic (exact) mass is 367 g/mol. The van der Waals surface area contributed by atoms with E-state index in [0.29, 0.717) is 17.4 Å². The first-order valence-corrected chi connectivity index (χ1v) is 9.71. The lowest BCUT2D eigenvalue weighted by molar-refractivity contribution is 0.0654. The highest BCUT2D eigenvalue weighted by Crippen LogP contribution is 2.20. The molecule has 0 radical (unpaired) electrons. The molecule has 8 heteroatoms. The molecule has 1 saturated heterocycles. The molecular formula is C19H25N7O. The van der Waals surface area contributed by atoms with Crippen LogP contribution in [0.1, 0.15) is 48.8 Å². The molecule has 3 aromatic rings. The Hall–Kier alpha value is -2.77. The van der Waals surface area contributed by atoms with Crippen molar-refractivity contribution in [3.8, 4) is 0 Å². The second kappa shape index (κ2) is 7.85. The summed E-state index contributed by atoms with van der Waals surface area (Å²) in [5, 5.41) is 8.52. The summed E-state index contributed by atoms with van der Waals surface area (Å²) in [7, 11) is 0. The highest BCUT2D eigenvalue weighted by molar-refractivity contribution is 5.92. The number of hydrogen-bond donors (Lipinski definition) is 0. The molecule has 4 rings (SSSR count). The maximum Gasteiger partial charge on any atom is 0.274 e. The molecule has 27 heavy (non-hydrogen) atoms. The molecule has 8 nitrogen and oxygen atoms in total. The molecule has 0 saturated carbocycles. The number of imidazole rings is 1. The smallest absolute Gasteiger partial charge is 0.274 e. The van der Waals surface area contributed by atoms with Crippen molar-refractivity contribution >= 4 is 11.7 Å². The number of carbonyl (C=O) groups is 1. The minimum atomic E-state index is -0.0209. The van der Waals surface area contributed by atoms with Crippen LogP contribution in [0, 0.1) is 5.92 Å². The van der Waals surface area contributed by atoms with Gasteiger partial charge in [-0.25, -0.2) is 9.97 Å². The molecule has 0 unspecified atom stereocenters. The fourth-order valence-electron chi connectivity index (χ4n) is 3.66. The van der Waals surface area contributed by atoms with Crippen molar-refractivity contribution in [2.24, 2.45) is 5.92 Å². The van der Waals surface area contributed by atoms with E-state index in [2.05, 4.69) is 27.2 Å². The van der Waals surface area contributed by atoms with Gasteiger partial charge in [0.15, 0.2) is 0 Å². The van der Waals surface area contributed by atoms with Crippen molar-refractivity contribution in [3.63, 3.8) is 0 Å². The average Bonchev–Trinajstić information content (AvgIpc) is 3.32. The Bertz CT molecular complexity index is 883. The first-order chi connectivity index (χ1) is 13.2. The first kappa shape index (κ1) is 17.6. The van der Waals surface area contributed by atoms with Gasteiger partial charge in [0.25, 0.3) is 5.91 Å². The number of carbonyl (C=O) groups excluding carboxylic acids is 1. The summed E-state index contributed by atoms with van der Waals surface area (Å²) in [6.07, 6.45) is 12.7. The number of unbranched alkanes of at least 4 members (excludes halogenated alkanes) is 1. The Morgan fingerprint density at radius 1 is 1.33 bits per heavy atom. The van der Waals surface area contributed by atoms with Gasteiger partial charge >= 0.3 is 0 Å². The van der Waals surface area contributed by atoms with E-state index in [-0.39, 0.29) is 5.91 Å². The number of aryl methyl sites for hydroxylation is 1. The number of nitrogens with zero attached hydrogens (tertiary/aromatic N) is 7. The van der Waals surface area contributed by atoms with Crippen LogP contribution in [0.25, 0.3) is 5.78 Å². The van der Waals surface area contributed by atoms with Crippen LogP contribution in [-0.2, 0) is 13.0 Å². The second-order valence-corrected chi connectivity index (χ2v) is 7.25. The van der Waals surface area contributed by atoms with E-state index in [9.17, 15) is 4.79 Å². The van der Waals surface area contributed by atoms with Crippen molar-refractivity contribution in [1.82, 2.24) is 34.3 Å². The van der Waals surface area contributed by atoms with Gasteiger partial charge in [0.1, 0.15) is 5.69 Å². The third-order valence-corrected chi connectivity index (χ3v) is 5.08. The Kier molecular flexibility index (Phi) is 5.13. The lowest BCUT2D eigenvalue weighted by Gasteiger charge is -2.32. The van der Waals surface area contributed by atoms with Gasteiger partial charge in [0.05, 0.1) is 5.69 Å². The molecule has 0 N–H and O–H groups in total. The summed E-state index contributed by atoms with van der Waals surface area (Å²) in [5.41, 5.74) is 1.51. The van der Waals surface area contributed by atoms with Crippen LogP contribution in [0.2, 0.25) is 0 Å². The van der Waals surface area contributed by atoms with Crippen molar-refractivity contribution in [1.29, 1.82) is 0 Å². The van der Waals surface area contributed by atoms with Crippen LogP contribution in [0.15, 0.2) is 30.9 Å². The first-order valence-electron chi connectivity index (χ1n) is 9.71. The van der Waals surface area contributed by atoms with Crippen molar-refractivity contribution < 1.29 is 4.79 Å². The van der Waals surface area contributed by atoms with Crippen molar-refractivity contribution in [3.05, 3.63) is 42.2 Å². The average molecular weight is 367 g/mol. The highest BCUT2D eigenvalue weighted by Gasteiger charge is 2.26. The quantitative estimate of drug-likeness (QED) is 0.667. The Labute approximate surface area is 158 Å². The molecule has 1 aliphatic rings. The maximum atomic E-state index is 12.9. The molecule has 0 bridgehead atoms. The molecule has 3 aromatic heterocycles. The predicted molar refractivity (Wildman–Crippen MR) is 100 cm³/mol. The standard InChI is InChI=1S/C19H25N7O/c1-2-3-7-16-13-26(23-22-16)12-15-6-4-9-24(11-15)18(27)17-14-25-10-5-8-20-19(25)21-17/h5,8,10,13-15H,2-4,6-7,9,11-12H2,1H3/t15-/m0/s1. The number of fused-ring (bicyclic) bond motifs is 1.